The highest BCUT2D eigenvalue weighted by molar-refractivity contribution is 9.10. The van der Waals surface area contributed by atoms with Crippen LogP contribution in [0.15, 0.2) is 47.3 Å². The lowest BCUT2D eigenvalue weighted by Gasteiger charge is -2.06. The van der Waals surface area contributed by atoms with Gasteiger partial charge < -0.3 is 15.2 Å². The zero-order valence-electron chi connectivity index (χ0n) is 13.6. The molecule has 26 heavy (non-hydrogen) atoms. The van der Waals surface area contributed by atoms with E-state index in [4.69, 9.17) is 9.84 Å². The van der Waals surface area contributed by atoms with Crippen LogP contribution in [-0.4, -0.2) is 36.5 Å². The third kappa shape index (κ3) is 4.09. The summed E-state index contributed by atoms with van der Waals surface area (Å²) in [5.41, 5.74) is 0.0735. The molecule has 134 valence electrons. The van der Waals surface area contributed by atoms with Crippen molar-refractivity contribution in [2.75, 3.05) is 5.32 Å². The molecule has 0 aliphatic rings. The van der Waals surface area contributed by atoms with E-state index < -0.39 is 11.9 Å². The average molecular weight is 420 g/mol. The summed E-state index contributed by atoms with van der Waals surface area (Å²) in [7, 11) is 1.54. The van der Waals surface area contributed by atoms with E-state index in [1.807, 2.05) is 24.3 Å². The Hall–Kier alpha value is -3.14. The number of hydrogen-bond donors (Lipinski definition) is 2. The highest BCUT2D eigenvalue weighted by Crippen LogP contribution is 2.17. The molecule has 0 aliphatic carbocycles. The van der Waals surface area contributed by atoms with E-state index in [2.05, 4.69) is 31.4 Å². The molecular formula is C16H14BrN5O4. The molecule has 1 amide bonds. The van der Waals surface area contributed by atoms with Crippen LogP contribution in [0.25, 0.3) is 0 Å². The molecule has 0 fully saturated rings. The van der Waals surface area contributed by atoms with Crippen LogP contribution >= 0.6 is 15.9 Å². The first-order valence-electron chi connectivity index (χ1n) is 7.41. The van der Waals surface area contributed by atoms with Crippen LogP contribution in [0.4, 0.5) is 5.69 Å². The first-order valence-corrected chi connectivity index (χ1v) is 8.21. The summed E-state index contributed by atoms with van der Waals surface area (Å²) in [6.07, 6.45) is 4.37. The maximum atomic E-state index is 12.3. The molecule has 0 saturated carbocycles. The highest BCUT2D eigenvalue weighted by atomic mass is 79.9. The maximum absolute atomic E-state index is 12.3. The van der Waals surface area contributed by atoms with Crippen molar-refractivity contribution in [1.82, 2.24) is 19.6 Å². The highest BCUT2D eigenvalue weighted by Gasteiger charge is 2.21. The molecule has 0 bridgehead atoms. The topological polar surface area (TPSA) is 111 Å². The summed E-state index contributed by atoms with van der Waals surface area (Å²) in [6.45, 7) is 0.158. The molecule has 2 N–H and O–H groups in total. The summed E-state index contributed by atoms with van der Waals surface area (Å²) in [5, 5.41) is 19.5. The van der Waals surface area contributed by atoms with Crippen molar-refractivity contribution >= 4 is 33.5 Å². The number of carbonyl (C=O) groups excluding carboxylic acids is 1. The van der Waals surface area contributed by atoms with Gasteiger partial charge in [-0.2, -0.15) is 10.2 Å². The second kappa shape index (κ2) is 7.40. The number of nitrogens with zero attached hydrogens (tertiary/aromatic N) is 4. The number of amides is 1. The number of ether oxygens (including phenoxy) is 1. The van der Waals surface area contributed by atoms with E-state index in [0.717, 1.165) is 4.47 Å². The van der Waals surface area contributed by atoms with E-state index in [-0.39, 0.29) is 18.0 Å². The summed E-state index contributed by atoms with van der Waals surface area (Å²) in [5.74, 6) is -1.17. The third-order valence-corrected chi connectivity index (χ3v) is 3.87. The molecule has 0 unspecified atom stereocenters. The van der Waals surface area contributed by atoms with Gasteiger partial charge in [-0.3, -0.25) is 9.48 Å². The van der Waals surface area contributed by atoms with Crippen LogP contribution < -0.4 is 10.1 Å². The minimum atomic E-state index is -1.27. The quantitative estimate of drug-likeness (QED) is 0.634. The Morgan fingerprint density at radius 1 is 1.27 bits per heavy atom. The molecule has 0 radical (unpaired) electrons. The number of rotatable bonds is 6. The second-order valence-electron chi connectivity index (χ2n) is 5.32. The predicted molar refractivity (Wildman–Crippen MR) is 95.1 cm³/mol. The number of hydrogen-bond acceptors (Lipinski definition) is 5. The molecule has 1 aromatic carbocycles. The van der Waals surface area contributed by atoms with E-state index in [1.54, 1.807) is 13.2 Å². The SMILES string of the molecule is Cn1cc(C(=O)Nc2cnn(COc3ccc(Br)cc3)c2)c(C(=O)O)n1. The number of aromatic carboxylic acids is 1. The Balaban J connectivity index is 1.64. The van der Waals surface area contributed by atoms with Gasteiger partial charge in [0.2, 0.25) is 0 Å². The zero-order chi connectivity index (χ0) is 18.7. The lowest BCUT2D eigenvalue weighted by Crippen LogP contribution is -2.15. The smallest absolute Gasteiger partial charge is 0.357 e. The number of halogens is 1. The van der Waals surface area contributed by atoms with Crippen molar-refractivity contribution in [3.63, 3.8) is 0 Å². The van der Waals surface area contributed by atoms with Gasteiger partial charge in [0.25, 0.3) is 5.91 Å². The fourth-order valence-corrected chi connectivity index (χ4v) is 2.45. The van der Waals surface area contributed by atoms with E-state index in [9.17, 15) is 9.59 Å². The molecular weight excluding hydrogens is 406 g/mol. The molecule has 3 rings (SSSR count). The number of nitrogens with one attached hydrogen (secondary N) is 1. The van der Waals surface area contributed by atoms with Crippen molar-refractivity contribution in [2.45, 2.75) is 6.73 Å². The molecule has 9 nitrogen and oxygen atoms in total. The van der Waals surface area contributed by atoms with Crippen molar-refractivity contribution in [1.29, 1.82) is 0 Å². The van der Waals surface area contributed by atoms with Gasteiger partial charge in [-0.05, 0) is 24.3 Å². The van der Waals surface area contributed by atoms with Gasteiger partial charge >= 0.3 is 5.97 Å². The van der Waals surface area contributed by atoms with Gasteiger partial charge in [-0.1, -0.05) is 15.9 Å². The van der Waals surface area contributed by atoms with Crippen LogP contribution in [0.1, 0.15) is 20.8 Å². The van der Waals surface area contributed by atoms with Gasteiger partial charge in [-0.15, -0.1) is 0 Å². The van der Waals surface area contributed by atoms with Crippen molar-refractivity contribution in [2.24, 2.45) is 7.05 Å². The number of benzene rings is 1. The Kier molecular flexibility index (Phi) is 5.03. The van der Waals surface area contributed by atoms with Gasteiger partial charge in [0, 0.05) is 17.7 Å². The summed E-state index contributed by atoms with van der Waals surface area (Å²) < 4.78 is 9.30. The third-order valence-electron chi connectivity index (χ3n) is 3.34. The van der Waals surface area contributed by atoms with Crippen molar-refractivity contribution in [3.8, 4) is 5.75 Å². The van der Waals surface area contributed by atoms with Crippen LogP contribution in [0.5, 0.6) is 5.75 Å². The van der Waals surface area contributed by atoms with E-state index >= 15 is 0 Å². The minimum absolute atomic E-state index is 0.0288. The molecule has 2 heterocycles. The Morgan fingerprint density at radius 3 is 2.69 bits per heavy atom. The summed E-state index contributed by atoms with van der Waals surface area (Å²) >= 11 is 3.35. The minimum Gasteiger partial charge on any atom is -0.476 e. The van der Waals surface area contributed by atoms with Gasteiger partial charge in [0.15, 0.2) is 12.4 Å². The van der Waals surface area contributed by atoms with Gasteiger partial charge in [-0.25, -0.2) is 9.48 Å². The fourth-order valence-electron chi connectivity index (χ4n) is 2.18. The first kappa shape index (κ1) is 17.7. The van der Waals surface area contributed by atoms with Gasteiger partial charge in [0.05, 0.1) is 23.6 Å². The normalized spacial score (nSPS) is 10.5. The molecule has 2 aromatic heterocycles. The number of carboxylic acids is 1. The van der Waals surface area contributed by atoms with E-state index in [0.29, 0.717) is 11.4 Å². The zero-order valence-corrected chi connectivity index (χ0v) is 15.2. The summed E-state index contributed by atoms with van der Waals surface area (Å²) in [4.78, 5) is 23.4. The van der Waals surface area contributed by atoms with Crippen LogP contribution in [0, 0.1) is 0 Å². The molecule has 10 heteroatoms. The average Bonchev–Trinajstić information content (AvgIpc) is 3.21. The van der Waals surface area contributed by atoms with Crippen LogP contribution in [0.2, 0.25) is 0 Å². The second-order valence-corrected chi connectivity index (χ2v) is 6.24. The monoisotopic (exact) mass is 419 g/mol. The molecule has 0 aliphatic heterocycles. The lowest BCUT2D eigenvalue weighted by atomic mass is 10.2. The number of aromatic nitrogens is 4. The lowest BCUT2D eigenvalue weighted by molar-refractivity contribution is 0.0685. The van der Waals surface area contributed by atoms with E-state index in [1.165, 1.54) is 21.8 Å². The van der Waals surface area contributed by atoms with Crippen molar-refractivity contribution in [3.05, 3.63) is 58.6 Å². The van der Waals surface area contributed by atoms with Crippen LogP contribution in [-0.2, 0) is 13.8 Å². The number of carboxylic acid groups (broad SMARTS) is 1. The first-order chi connectivity index (χ1) is 12.4. The molecule has 0 atom stereocenters. The molecule has 0 saturated heterocycles. The largest absolute Gasteiger partial charge is 0.476 e. The Bertz CT molecular complexity index is 948. The fraction of sp³-hybridized carbons (Fsp3) is 0.125. The Morgan fingerprint density at radius 2 is 2.00 bits per heavy atom. The number of anilines is 1. The maximum Gasteiger partial charge on any atom is 0.357 e. The molecule has 3 aromatic rings. The Labute approximate surface area is 156 Å². The predicted octanol–water partition coefficient (Wildman–Crippen LogP) is 2.37. The van der Waals surface area contributed by atoms with Gasteiger partial charge in [0.1, 0.15) is 5.75 Å². The number of aryl methyl sites for hydroxylation is 1. The van der Waals surface area contributed by atoms with Crippen LogP contribution in [0.3, 0.4) is 0 Å². The van der Waals surface area contributed by atoms with Crippen molar-refractivity contribution < 1.29 is 19.4 Å². The number of carbonyl (C=O) groups is 2. The molecule has 0 spiro atoms. The summed E-state index contributed by atoms with van der Waals surface area (Å²) in [6, 6.07) is 7.34. The standard InChI is InChI=1S/C16H14BrN5O4/c1-21-8-13(14(20-21)16(24)25)15(23)19-11-6-18-22(7-11)9-26-12-4-2-10(17)3-5-12/h2-8H,9H2,1H3,(H,19,23)(H,24,25).